The summed E-state index contributed by atoms with van der Waals surface area (Å²) >= 11 is 0. The lowest BCUT2D eigenvalue weighted by atomic mass is 10.2. The fourth-order valence-electron chi connectivity index (χ4n) is 2.18. The van der Waals surface area contributed by atoms with E-state index in [1.54, 1.807) is 6.92 Å². The van der Waals surface area contributed by atoms with Crippen LogP contribution in [0.1, 0.15) is 71.6 Å². The molecular weight excluding hydrogens is 328 g/mol. The van der Waals surface area contributed by atoms with Crippen molar-refractivity contribution >= 4 is 11.9 Å². The molecule has 0 aliphatic carbocycles. The van der Waals surface area contributed by atoms with Gasteiger partial charge in [-0.2, -0.15) is 0 Å². The van der Waals surface area contributed by atoms with E-state index in [9.17, 15) is 9.59 Å². The zero-order valence-corrected chi connectivity index (χ0v) is 16.2. The lowest BCUT2D eigenvalue weighted by Gasteiger charge is -2.12. The highest BCUT2D eigenvalue weighted by Crippen LogP contribution is 2.07. The van der Waals surface area contributed by atoms with Crippen molar-refractivity contribution in [3.8, 4) is 0 Å². The summed E-state index contributed by atoms with van der Waals surface area (Å²) in [5.41, 5.74) is 0. The minimum absolute atomic E-state index is 0.115. The number of hydrogen-bond donors (Lipinski definition) is 1. The molecule has 0 aliphatic heterocycles. The summed E-state index contributed by atoms with van der Waals surface area (Å²) in [7, 11) is 0. The van der Waals surface area contributed by atoms with E-state index in [1.165, 1.54) is 0 Å². The fourth-order valence-corrected chi connectivity index (χ4v) is 2.18. The molecule has 0 amide bonds. The van der Waals surface area contributed by atoms with Crippen LogP contribution in [0.15, 0.2) is 48.6 Å². The highest BCUT2D eigenvalue weighted by molar-refractivity contribution is 5.69. The van der Waals surface area contributed by atoms with E-state index in [4.69, 9.17) is 9.84 Å². The number of carbonyl (C=O) groups excluding carboxylic acids is 1. The molecule has 4 heteroatoms. The van der Waals surface area contributed by atoms with Crippen molar-refractivity contribution in [3.05, 3.63) is 48.6 Å². The van der Waals surface area contributed by atoms with E-state index in [2.05, 4.69) is 43.4 Å². The smallest absolute Gasteiger partial charge is 0.306 e. The molecule has 0 bridgehead atoms. The standard InChI is InChI=1S/C22H34O4/c1-3-4-5-6-7-8-9-10-11-12-13-14-15-19-22(25)26-20(2)17-16-18-21(23)24/h4-5,7-8,10-11,13-14,20H,3,6,9,12,15-19H2,1-2H3,(H,23,24)/b5-4-,8-7-,11-10-,14-13-. The van der Waals surface area contributed by atoms with E-state index in [-0.39, 0.29) is 18.5 Å². The normalized spacial score (nSPS) is 13.3. The van der Waals surface area contributed by atoms with Crippen molar-refractivity contribution in [2.75, 3.05) is 0 Å². The molecule has 1 unspecified atom stereocenters. The number of allylic oxidation sites excluding steroid dienone is 8. The van der Waals surface area contributed by atoms with Gasteiger partial charge in [0, 0.05) is 12.8 Å². The quantitative estimate of drug-likeness (QED) is 0.297. The van der Waals surface area contributed by atoms with E-state index in [0.29, 0.717) is 25.7 Å². The molecule has 1 N–H and O–H groups in total. The van der Waals surface area contributed by atoms with Gasteiger partial charge in [0.1, 0.15) is 0 Å². The Morgan fingerprint density at radius 3 is 1.96 bits per heavy atom. The van der Waals surface area contributed by atoms with Crippen LogP contribution < -0.4 is 0 Å². The third kappa shape index (κ3) is 18.2. The van der Waals surface area contributed by atoms with Gasteiger partial charge in [0.25, 0.3) is 0 Å². The molecular formula is C22H34O4. The second kappa shape index (κ2) is 17.7. The Bertz CT molecular complexity index is 486. The number of esters is 1. The summed E-state index contributed by atoms with van der Waals surface area (Å²) in [5.74, 6) is -1.04. The number of aliphatic carboxylic acids is 1. The monoisotopic (exact) mass is 362 g/mol. The molecule has 0 fully saturated rings. The Balaban J connectivity index is 3.64. The first-order chi connectivity index (χ1) is 12.6. The first-order valence-corrected chi connectivity index (χ1v) is 9.57. The van der Waals surface area contributed by atoms with E-state index < -0.39 is 5.97 Å². The van der Waals surface area contributed by atoms with E-state index >= 15 is 0 Å². The lowest BCUT2D eigenvalue weighted by Crippen LogP contribution is -2.14. The molecule has 0 aromatic heterocycles. The molecule has 0 aromatic carbocycles. The van der Waals surface area contributed by atoms with Crippen molar-refractivity contribution in [2.24, 2.45) is 0 Å². The molecule has 0 rings (SSSR count). The zero-order valence-electron chi connectivity index (χ0n) is 16.2. The highest BCUT2D eigenvalue weighted by Gasteiger charge is 2.09. The summed E-state index contributed by atoms with van der Waals surface area (Å²) in [6, 6.07) is 0. The van der Waals surface area contributed by atoms with Crippen LogP contribution in [0.3, 0.4) is 0 Å². The van der Waals surface area contributed by atoms with Gasteiger partial charge in [0.2, 0.25) is 0 Å². The summed E-state index contributed by atoms with van der Waals surface area (Å²) in [4.78, 5) is 22.1. The first-order valence-electron chi connectivity index (χ1n) is 9.57. The van der Waals surface area contributed by atoms with Gasteiger partial charge >= 0.3 is 11.9 Å². The second-order valence-corrected chi connectivity index (χ2v) is 6.13. The van der Waals surface area contributed by atoms with Crippen LogP contribution >= 0.6 is 0 Å². The van der Waals surface area contributed by atoms with Crippen molar-refractivity contribution in [2.45, 2.75) is 77.7 Å². The number of carboxylic acid groups (broad SMARTS) is 1. The number of carbonyl (C=O) groups is 2. The molecule has 26 heavy (non-hydrogen) atoms. The molecule has 0 aromatic rings. The maximum absolute atomic E-state index is 11.7. The van der Waals surface area contributed by atoms with Crippen LogP contribution in [0.4, 0.5) is 0 Å². The molecule has 0 radical (unpaired) electrons. The van der Waals surface area contributed by atoms with Crippen LogP contribution in [0.25, 0.3) is 0 Å². The number of carboxylic acids is 1. The Morgan fingerprint density at radius 2 is 1.42 bits per heavy atom. The molecule has 1 atom stereocenters. The molecule has 0 saturated carbocycles. The number of hydrogen-bond acceptors (Lipinski definition) is 3. The predicted octanol–water partition coefficient (Wildman–Crippen LogP) is 5.76. The Hall–Kier alpha value is -2.10. The van der Waals surface area contributed by atoms with Crippen molar-refractivity contribution in [1.29, 1.82) is 0 Å². The van der Waals surface area contributed by atoms with Gasteiger partial charge in [0.15, 0.2) is 0 Å². The van der Waals surface area contributed by atoms with Gasteiger partial charge < -0.3 is 9.84 Å². The van der Waals surface area contributed by atoms with Crippen LogP contribution in [0.2, 0.25) is 0 Å². The average Bonchev–Trinajstić information content (AvgIpc) is 2.58. The summed E-state index contributed by atoms with van der Waals surface area (Å²) in [6.45, 7) is 3.93. The zero-order chi connectivity index (χ0) is 19.5. The third-order valence-electron chi connectivity index (χ3n) is 3.57. The lowest BCUT2D eigenvalue weighted by molar-refractivity contribution is -0.148. The molecule has 4 nitrogen and oxygen atoms in total. The maximum Gasteiger partial charge on any atom is 0.306 e. The van der Waals surface area contributed by atoms with Gasteiger partial charge in [-0.05, 0) is 51.9 Å². The fraction of sp³-hybridized carbons (Fsp3) is 0.545. The first kappa shape index (κ1) is 23.9. The van der Waals surface area contributed by atoms with Crippen molar-refractivity contribution < 1.29 is 19.4 Å². The average molecular weight is 363 g/mol. The van der Waals surface area contributed by atoms with Gasteiger partial charge in [-0.1, -0.05) is 55.5 Å². The van der Waals surface area contributed by atoms with Gasteiger partial charge in [-0.25, -0.2) is 0 Å². The van der Waals surface area contributed by atoms with Gasteiger partial charge in [-0.3, -0.25) is 9.59 Å². The summed E-state index contributed by atoms with van der Waals surface area (Å²) in [5, 5.41) is 8.57. The predicted molar refractivity (Wildman–Crippen MR) is 107 cm³/mol. The maximum atomic E-state index is 11.7. The second-order valence-electron chi connectivity index (χ2n) is 6.13. The van der Waals surface area contributed by atoms with E-state index in [0.717, 1.165) is 25.7 Å². The van der Waals surface area contributed by atoms with Crippen molar-refractivity contribution in [3.63, 3.8) is 0 Å². The van der Waals surface area contributed by atoms with Gasteiger partial charge in [-0.15, -0.1) is 0 Å². The molecule has 0 spiro atoms. The van der Waals surface area contributed by atoms with Crippen LogP contribution in [-0.2, 0) is 14.3 Å². The molecule has 0 heterocycles. The minimum Gasteiger partial charge on any atom is -0.481 e. The SMILES string of the molecule is CC/C=C\C/C=C\C/C=C\C/C=C\CCC(=O)OC(C)CCCC(=O)O. The van der Waals surface area contributed by atoms with Crippen LogP contribution in [0.5, 0.6) is 0 Å². The largest absolute Gasteiger partial charge is 0.481 e. The van der Waals surface area contributed by atoms with Crippen molar-refractivity contribution in [1.82, 2.24) is 0 Å². The molecule has 0 aliphatic rings. The molecule has 0 saturated heterocycles. The Morgan fingerprint density at radius 1 is 0.885 bits per heavy atom. The Kier molecular flexibility index (Phi) is 16.3. The molecule has 146 valence electrons. The topological polar surface area (TPSA) is 63.6 Å². The number of rotatable bonds is 15. The van der Waals surface area contributed by atoms with Crippen LogP contribution in [0, 0.1) is 0 Å². The van der Waals surface area contributed by atoms with Crippen LogP contribution in [-0.4, -0.2) is 23.1 Å². The van der Waals surface area contributed by atoms with E-state index in [1.807, 2.05) is 12.2 Å². The summed E-state index contributed by atoms with van der Waals surface area (Å²) < 4.78 is 5.25. The summed E-state index contributed by atoms with van der Waals surface area (Å²) in [6.07, 6.45) is 22.9. The minimum atomic E-state index is -0.817. The van der Waals surface area contributed by atoms with Gasteiger partial charge in [0.05, 0.1) is 6.10 Å². The highest BCUT2D eigenvalue weighted by atomic mass is 16.5. The Labute approximate surface area is 158 Å². The third-order valence-corrected chi connectivity index (χ3v) is 3.57. The number of ether oxygens (including phenoxy) is 1.